The molecule has 0 radical (unpaired) electrons. The minimum atomic E-state index is -0.823. The van der Waals surface area contributed by atoms with E-state index in [0.717, 1.165) is 54.6 Å². The summed E-state index contributed by atoms with van der Waals surface area (Å²) in [6, 6.07) is 13.3. The molecular weight excluding hydrogens is 390 g/mol. The number of fused-ring (bicyclic) bond motifs is 2. The van der Waals surface area contributed by atoms with E-state index in [9.17, 15) is 9.90 Å². The molecule has 152 valence electrons. The zero-order valence-corrected chi connectivity index (χ0v) is 17.0. The number of nitrogens with zero attached hydrogens (tertiary/aromatic N) is 3. The van der Waals surface area contributed by atoms with Crippen molar-refractivity contribution in [1.82, 2.24) is 15.1 Å². The van der Waals surface area contributed by atoms with E-state index in [4.69, 9.17) is 16.6 Å². The highest BCUT2D eigenvalue weighted by atomic mass is 35.5. The van der Waals surface area contributed by atoms with Gasteiger partial charge in [0.25, 0.3) is 0 Å². The van der Waals surface area contributed by atoms with Crippen LogP contribution in [0.4, 0.5) is 17.1 Å². The number of carboxylic acids is 1. The van der Waals surface area contributed by atoms with Crippen LogP contribution in [0.5, 0.6) is 0 Å². The average Bonchev–Trinajstić information content (AvgIpc) is 2.88. The molecule has 7 nitrogen and oxygen atoms in total. The average molecular weight is 414 g/mol. The second-order valence-corrected chi connectivity index (χ2v) is 7.67. The number of para-hydroxylation sites is 1. The van der Waals surface area contributed by atoms with E-state index in [1.54, 1.807) is 7.05 Å². The summed E-state index contributed by atoms with van der Waals surface area (Å²) < 4.78 is 0. The molecule has 2 aliphatic rings. The molecule has 1 atom stereocenters. The molecule has 0 spiro atoms. The first-order chi connectivity index (χ1) is 14.0. The lowest BCUT2D eigenvalue weighted by molar-refractivity contribution is -0.139. The van der Waals surface area contributed by atoms with Crippen LogP contribution in [-0.4, -0.2) is 72.5 Å². The van der Waals surface area contributed by atoms with Gasteiger partial charge in [0.05, 0.1) is 11.4 Å². The van der Waals surface area contributed by atoms with Crippen LogP contribution in [0, 0.1) is 0 Å². The van der Waals surface area contributed by atoms with Crippen LogP contribution in [0.3, 0.4) is 0 Å². The van der Waals surface area contributed by atoms with Crippen molar-refractivity contribution in [3.63, 3.8) is 0 Å². The Balaban J connectivity index is 1.58. The lowest BCUT2D eigenvalue weighted by atomic mass is 10.1. The van der Waals surface area contributed by atoms with Crippen molar-refractivity contribution in [3.05, 3.63) is 53.1 Å². The largest absolute Gasteiger partial charge is 0.480 e. The van der Waals surface area contributed by atoms with Crippen LogP contribution in [0.2, 0.25) is 5.02 Å². The van der Waals surface area contributed by atoms with Crippen molar-refractivity contribution >= 4 is 40.5 Å². The van der Waals surface area contributed by atoms with E-state index in [-0.39, 0.29) is 0 Å². The van der Waals surface area contributed by atoms with Gasteiger partial charge in [0.1, 0.15) is 11.9 Å². The quantitative estimate of drug-likeness (QED) is 0.715. The van der Waals surface area contributed by atoms with Crippen molar-refractivity contribution < 1.29 is 9.90 Å². The topological polar surface area (TPSA) is 80.2 Å². The Morgan fingerprint density at radius 2 is 1.97 bits per heavy atom. The first kappa shape index (κ1) is 19.7. The number of hydrogen-bond donors (Lipinski definition) is 3. The fourth-order valence-electron chi connectivity index (χ4n) is 3.74. The van der Waals surface area contributed by atoms with Crippen LogP contribution in [-0.2, 0) is 4.79 Å². The number of aliphatic carboxylic acids is 1. The van der Waals surface area contributed by atoms with Crippen LogP contribution >= 0.6 is 11.6 Å². The fourth-order valence-corrected chi connectivity index (χ4v) is 3.91. The summed E-state index contributed by atoms with van der Waals surface area (Å²) in [6.07, 6.45) is 0. The molecule has 2 aromatic carbocycles. The third-order valence-electron chi connectivity index (χ3n) is 5.38. The van der Waals surface area contributed by atoms with Gasteiger partial charge in [-0.05, 0) is 37.4 Å². The molecule has 2 aromatic rings. The Kier molecular flexibility index (Phi) is 5.71. The van der Waals surface area contributed by atoms with Gasteiger partial charge in [0, 0.05) is 49.0 Å². The molecule has 0 saturated carbocycles. The van der Waals surface area contributed by atoms with Crippen molar-refractivity contribution in [2.24, 2.45) is 4.99 Å². The van der Waals surface area contributed by atoms with Gasteiger partial charge in [-0.25, -0.2) is 4.99 Å². The first-order valence-corrected chi connectivity index (χ1v) is 10.0. The molecule has 2 heterocycles. The molecule has 0 aromatic heterocycles. The van der Waals surface area contributed by atoms with Crippen LogP contribution < -0.4 is 10.6 Å². The number of carboxylic acid groups (broad SMARTS) is 1. The number of piperazine rings is 1. The summed E-state index contributed by atoms with van der Waals surface area (Å²) >= 11 is 6.21. The van der Waals surface area contributed by atoms with Crippen molar-refractivity contribution in [2.75, 3.05) is 45.1 Å². The van der Waals surface area contributed by atoms with E-state index in [2.05, 4.69) is 32.6 Å². The number of halogens is 1. The Morgan fingerprint density at radius 3 is 2.69 bits per heavy atom. The first-order valence-electron chi connectivity index (χ1n) is 9.67. The zero-order valence-electron chi connectivity index (χ0n) is 16.2. The highest BCUT2D eigenvalue weighted by molar-refractivity contribution is 6.31. The number of amidine groups is 1. The molecule has 1 unspecified atom stereocenters. The summed E-state index contributed by atoms with van der Waals surface area (Å²) in [5.41, 5.74) is 3.80. The van der Waals surface area contributed by atoms with E-state index >= 15 is 0 Å². The molecule has 1 saturated heterocycles. The van der Waals surface area contributed by atoms with Gasteiger partial charge in [0.2, 0.25) is 0 Å². The van der Waals surface area contributed by atoms with Crippen molar-refractivity contribution in [3.8, 4) is 0 Å². The standard InChI is InChI=1S/C21H24ClN5O2/c1-23-19(21(28)29)13-26-8-10-27(11-9-26)20-15-4-2-3-5-16(15)24-17-7-6-14(22)12-18(17)25-20/h2-7,12,19,23-24H,8-11,13H2,1H3,(H,28,29). The zero-order chi connectivity index (χ0) is 20.4. The smallest absolute Gasteiger partial charge is 0.322 e. The van der Waals surface area contributed by atoms with E-state index in [1.165, 1.54) is 0 Å². The van der Waals surface area contributed by atoms with Crippen LogP contribution in [0.1, 0.15) is 5.56 Å². The highest BCUT2D eigenvalue weighted by Crippen LogP contribution is 2.36. The maximum Gasteiger partial charge on any atom is 0.322 e. The van der Waals surface area contributed by atoms with E-state index in [1.807, 2.05) is 30.3 Å². The predicted octanol–water partition coefficient (Wildman–Crippen LogP) is 2.77. The number of benzene rings is 2. The van der Waals surface area contributed by atoms with Gasteiger partial charge in [-0.3, -0.25) is 9.69 Å². The van der Waals surface area contributed by atoms with Gasteiger partial charge < -0.3 is 20.6 Å². The monoisotopic (exact) mass is 413 g/mol. The summed E-state index contributed by atoms with van der Waals surface area (Å²) in [7, 11) is 1.68. The third kappa shape index (κ3) is 4.22. The molecule has 0 aliphatic carbocycles. The molecule has 29 heavy (non-hydrogen) atoms. The SMILES string of the molecule is CNC(CN1CCN(C2=Nc3cc(Cl)ccc3Nc3ccccc32)CC1)C(=O)O. The maximum atomic E-state index is 11.3. The lowest BCUT2D eigenvalue weighted by Crippen LogP contribution is -2.53. The van der Waals surface area contributed by atoms with Gasteiger partial charge in [-0.15, -0.1) is 0 Å². The molecule has 0 amide bonds. The maximum absolute atomic E-state index is 11.3. The minimum absolute atomic E-state index is 0.489. The summed E-state index contributed by atoms with van der Waals surface area (Å²) in [4.78, 5) is 20.7. The predicted molar refractivity (Wildman–Crippen MR) is 116 cm³/mol. The van der Waals surface area contributed by atoms with Gasteiger partial charge in [-0.1, -0.05) is 23.7 Å². The molecule has 0 bridgehead atoms. The number of aliphatic imine (C=N–C) groups is 1. The second-order valence-electron chi connectivity index (χ2n) is 7.23. The second kappa shape index (κ2) is 8.41. The molecular formula is C21H24ClN5O2. The molecule has 2 aliphatic heterocycles. The summed E-state index contributed by atoms with van der Waals surface area (Å²) in [5.74, 6) is 0.0914. The number of carbonyl (C=O) groups is 1. The fraction of sp³-hybridized carbons (Fsp3) is 0.333. The summed E-state index contributed by atoms with van der Waals surface area (Å²) in [5, 5.41) is 16.3. The minimum Gasteiger partial charge on any atom is -0.480 e. The van der Waals surface area contributed by atoms with Gasteiger partial charge in [0.15, 0.2) is 0 Å². The summed E-state index contributed by atoms with van der Waals surface area (Å²) in [6.45, 7) is 3.60. The molecule has 3 N–H and O–H groups in total. The Hall–Kier alpha value is -2.61. The molecule has 8 heteroatoms. The Morgan fingerprint density at radius 1 is 1.21 bits per heavy atom. The molecule has 4 rings (SSSR count). The van der Waals surface area contributed by atoms with E-state index < -0.39 is 12.0 Å². The highest BCUT2D eigenvalue weighted by Gasteiger charge is 2.27. The van der Waals surface area contributed by atoms with Gasteiger partial charge >= 0.3 is 5.97 Å². The number of rotatable bonds is 4. The normalized spacial score (nSPS) is 17.4. The molecule has 1 fully saturated rings. The van der Waals surface area contributed by atoms with Crippen LogP contribution in [0.15, 0.2) is 47.5 Å². The van der Waals surface area contributed by atoms with Crippen LogP contribution in [0.25, 0.3) is 0 Å². The lowest BCUT2D eigenvalue weighted by Gasteiger charge is -2.37. The number of anilines is 2. The number of hydrogen-bond acceptors (Lipinski definition) is 6. The van der Waals surface area contributed by atoms with Gasteiger partial charge in [-0.2, -0.15) is 0 Å². The third-order valence-corrected chi connectivity index (χ3v) is 5.62. The Labute approximate surface area is 175 Å². The number of likely N-dealkylation sites (N-methyl/N-ethyl adjacent to an activating group) is 1. The van der Waals surface area contributed by atoms with E-state index in [0.29, 0.717) is 11.6 Å². The van der Waals surface area contributed by atoms with Crippen molar-refractivity contribution in [1.29, 1.82) is 0 Å². The Bertz CT molecular complexity index is 940. The van der Waals surface area contributed by atoms with Crippen molar-refractivity contribution in [2.45, 2.75) is 6.04 Å². The number of nitrogens with one attached hydrogen (secondary N) is 2.